The molecule has 1 aromatic heterocycles. The summed E-state index contributed by atoms with van der Waals surface area (Å²) in [5.41, 5.74) is 2.29. The topological polar surface area (TPSA) is 42.2 Å². The zero-order valence-corrected chi connectivity index (χ0v) is 26.1. The predicted molar refractivity (Wildman–Crippen MR) is 169 cm³/mol. The van der Waals surface area contributed by atoms with E-state index in [4.69, 9.17) is 0 Å². The van der Waals surface area contributed by atoms with E-state index in [2.05, 4.69) is 69.5 Å². The van der Waals surface area contributed by atoms with Crippen LogP contribution in [0, 0.1) is 0 Å². The predicted octanol–water partition coefficient (Wildman–Crippen LogP) is 10.4. The van der Waals surface area contributed by atoms with Gasteiger partial charge in [-0.1, -0.05) is 95.4 Å². The number of benzene rings is 1. The Balaban J connectivity index is 1.70. The van der Waals surface area contributed by atoms with Crippen molar-refractivity contribution < 1.29 is 9.59 Å². The van der Waals surface area contributed by atoms with Gasteiger partial charge in [0.25, 0.3) is 0 Å². The Labute approximate surface area is 234 Å². The van der Waals surface area contributed by atoms with Crippen LogP contribution in [0.25, 0.3) is 10.9 Å². The van der Waals surface area contributed by atoms with Crippen molar-refractivity contribution in [2.24, 2.45) is 0 Å². The second-order valence-corrected chi connectivity index (χ2v) is 16.7. The van der Waals surface area contributed by atoms with Crippen LogP contribution in [0.1, 0.15) is 121 Å². The number of fused-ring (bicyclic) bond motifs is 1. The number of aromatic nitrogens is 1. The lowest BCUT2D eigenvalue weighted by molar-refractivity contribution is 0.0904. The number of rotatable bonds is 19. The van der Waals surface area contributed by atoms with Gasteiger partial charge < -0.3 is 4.80 Å². The summed E-state index contributed by atoms with van der Waals surface area (Å²) in [7, 11) is -2.20. The van der Waals surface area contributed by atoms with Gasteiger partial charge in [-0.25, -0.2) is 0 Å². The number of unbranched alkanes of at least 4 members (excludes halogenated alkanes) is 8. The van der Waals surface area contributed by atoms with E-state index in [9.17, 15) is 9.59 Å². The number of hydrogen-bond donors (Lipinski definition) is 1. The molecule has 0 unspecified atom stereocenters. The summed E-state index contributed by atoms with van der Waals surface area (Å²) in [5.74, 6) is 0.211. The van der Waals surface area contributed by atoms with Crippen LogP contribution in [0.15, 0.2) is 54.8 Å². The lowest BCUT2D eigenvalue weighted by atomic mass is 10.0. The second kappa shape index (κ2) is 16.9. The minimum absolute atomic E-state index is 0.0115. The van der Waals surface area contributed by atoms with Crippen LogP contribution >= 0.6 is 0 Å². The summed E-state index contributed by atoms with van der Waals surface area (Å²) in [6.07, 6.45) is 28.0. The average molecular weight is 538 g/mol. The normalized spacial score (nSPS) is 12.9. The lowest BCUT2D eigenvalue weighted by Gasteiger charge is -2.35. The van der Waals surface area contributed by atoms with Gasteiger partial charge in [-0.3, -0.25) is 9.36 Å². The molecule has 0 radical (unpaired) electrons. The third-order valence-electron chi connectivity index (χ3n) is 8.31. The Morgan fingerprint density at radius 2 is 1.53 bits per heavy atom. The van der Waals surface area contributed by atoms with Gasteiger partial charge in [0.1, 0.15) is 0 Å². The molecule has 0 spiro atoms. The molecule has 0 fully saturated rings. The molecule has 1 aromatic carbocycles. The fourth-order valence-corrected chi connectivity index (χ4v) is 5.68. The van der Waals surface area contributed by atoms with Crippen LogP contribution in [0.3, 0.4) is 0 Å². The molecule has 1 heterocycles. The van der Waals surface area contributed by atoms with Gasteiger partial charge in [-0.2, -0.15) is 0 Å². The third-order valence-corrected chi connectivity index (χ3v) is 11.9. The van der Waals surface area contributed by atoms with Crippen LogP contribution in [-0.4, -0.2) is 23.6 Å². The molecule has 0 aliphatic heterocycles. The minimum Gasteiger partial charge on any atom is -0.432 e. The molecule has 0 saturated heterocycles. The van der Waals surface area contributed by atoms with E-state index in [-0.39, 0.29) is 10.9 Å². The van der Waals surface area contributed by atoms with Crippen LogP contribution < -0.4 is 0 Å². The first-order valence-electron chi connectivity index (χ1n) is 15.3. The fraction of sp³-hybridized carbons (Fsp3) is 0.618. The maximum atomic E-state index is 13.1. The van der Waals surface area contributed by atoms with Gasteiger partial charge >= 0.3 is 0 Å². The Kier molecular flexibility index (Phi) is 14.4. The van der Waals surface area contributed by atoms with E-state index in [1.54, 1.807) is 0 Å². The molecule has 0 amide bonds. The maximum absolute atomic E-state index is 13.1. The monoisotopic (exact) mass is 537 g/mol. The number of nitrogens with zero attached hydrogens (tertiary/aromatic N) is 1. The average Bonchev–Trinajstić information content (AvgIpc) is 3.24. The van der Waals surface area contributed by atoms with Gasteiger partial charge in [0.15, 0.2) is 8.32 Å². The number of carbonyl (C=O) groups is 1. The van der Waals surface area contributed by atoms with E-state index >= 15 is 0 Å². The highest BCUT2D eigenvalue weighted by Crippen LogP contribution is 2.40. The zero-order valence-electron chi connectivity index (χ0n) is 25.1. The van der Waals surface area contributed by atoms with E-state index in [1.165, 1.54) is 55.9 Å². The molecule has 0 bridgehead atoms. The highest BCUT2D eigenvalue weighted by Gasteiger charge is 2.37. The first-order valence-corrected chi connectivity index (χ1v) is 18.3. The van der Waals surface area contributed by atoms with Gasteiger partial charge in [0.05, 0.1) is 5.52 Å². The molecule has 212 valence electrons. The zero-order chi connectivity index (χ0) is 27.9. The Morgan fingerprint density at radius 1 is 0.895 bits per heavy atom. The molecule has 0 aliphatic rings. The summed E-state index contributed by atoms with van der Waals surface area (Å²) in [6.45, 7) is 10.7. The number of para-hydroxylation sites is 1. The van der Waals surface area contributed by atoms with Crippen molar-refractivity contribution in [2.45, 2.75) is 135 Å². The van der Waals surface area contributed by atoms with Crippen molar-refractivity contribution in [3.05, 3.63) is 60.3 Å². The largest absolute Gasteiger partial charge is 0.432 e. The molecule has 3 nitrogen and oxygen atoms in total. The number of hydrogen-bond acceptors (Lipinski definition) is 2. The van der Waals surface area contributed by atoms with E-state index in [0.29, 0.717) is 6.42 Å². The van der Waals surface area contributed by atoms with Crippen molar-refractivity contribution in [2.75, 3.05) is 0 Å². The minimum atomic E-state index is -2.20. The summed E-state index contributed by atoms with van der Waals surface area (Å²) in [4.78, 5) is 23.7. The summed E-state index contributed by atoms with van der Waals surface area (Å²) >= 11 is 0. The molecular formula is C34H55NO2Si. The maximum Gasteiger partial charge on any atom is 0.231 e. The van der Waals surface area contributed by atoms with Gasteiger partial charge in [0, 0.05) is 18.0 Å². The number of allylic oxidation sites excluding steroid dienone is 4. The summed E-state index contributed by atoms with van der Waals surface area (Å²) in [6, 6.07) is 8.30. The van der Waals surface area contributed by atoms with Gasteiger partial charge in [0.2, 0.25) is 5.91 Å². The SMILES string of the molecule is CCCCC/C=C\C/C=C\CCCCCCCC(=O)n1cc(CCCC(C)(C)[Si](C)(C)O)c2ccccc21. The quantitative estimate of drug-likeness (QED) is 0.110. The van der Waals surface area contributed by atoms with Crippen molar-refractivity contribution in [3.63, 3.8) is 0 Å². The van der Waals surface area contributed by atoms with Crippen molar-refractivity contribution >= 4 is 25.1 Å². The Morgan fingerprint density at radius 3 is 2.21 bits per heavy atom. The molecule has 1 N–H and O–H groups in total. The van der Waals surface area contributed by atoms with E-state index in [0.717, 1.165) is 50.5 Å². The molecule has 2 aromatic rings. The molecular weight excluding hydrogens is 482 g/mol. The highest BCUT2D eigenvalue weighted by atomic mass is 28.4. The smallest absolute Gasteiger partial charge is 0.231 e. The first kappa shape index (κ1) is 32.3. The molecule has 0 aliphatic carbocycles. The van der Waals surface area contributed by atoms with Crippen molar-refractivity contribution in [3.8, 4) is 0 Å². The second-order valence-electron chi connectivity index (χ2n) is 12.2. The van der Waals surface area contributed by atoms with Gasteiger partial charge in [-0.05, 0) is 87.5 Å². The fourth-order valence-electron chi connectivity index (χ4n) is 4.89. The molecule has 0 atom stereocenters. The Hall–Kier alpha value is -1.91. The molecule has 2 rings (SSSR count). The Bertz CT molecular complexity index is 1010. The van der Waals surface area contributed by atoms with E-state index < -0.39 is 8.32 Å². The first-order chi connectivity index (χ1) is 18.2. The molecule has 38 heavy (non-hydrogen) atoms. The number of aryl methyl sites for hydroxylation is 1. The summed E-state index contributed by atoms with van der Waals surface area (Å²) < 4.78 is 1.89. The van der Waals surface area contributed by atoms with Crippen molar-refractivity contribution in [1.29, 1.82) is 0 Å². The van der Waals surface area contributed by atoms with Crippen LogP contribution in [0.4, 0.5) is 0 Å². The third kappa shape index (κ3) is 11.1. The van der Waals surface area contributed by atoms with Gasteiger partial charge in [-0.15, -0.1) is 0 Å². The van der Waals surface area contributed by atoms with Crippen LogP contribution in [0.2, 0.25) is 18.1 Å². The highest BCUT2D eigenvalue weighted by molar-refractivity contribution is 6.72. The van der Waals surface area contributed by atoms with Crippen molar-refractivity contribution in [1.82, 2.24) is 4.57 Å². The van der Waals surface area contributed by atoms with E-state index in [1.807, 2.05) is 23.7 Å². The molecule has 4 heteroatoms. The lowest BCUT2D eigenvalue weighted by Crippen LogP contribution is -2.38. The number of carbonyl (C=O) groups excluding carboxylic acids is 1. The molecule has 0 saturated carbocycles. The van der Waals surface area contributed by atoms with Crippen LogP contribution in [-0.2, 0) is 6.42 Å². The van der Waals surface area contributed by atoms with Crippen LogP contribution in [0.5, 0.6) is 0 Å². The summed E-state index contributed by atoms with van der Waals surface area (Å²) in [5, 5.41) is 1.18. The standard InChI is InChI=1S/C34H55NO2Si/c1-6-7-8-9-10-11-12-13-14-15-16-17-18-19-20-27-33(36)35-29-30(31-25-21-22-26-32(31)35)24-23-28-34(2,3)38(4,5)37/h10-11,13-14,21-22,25-26,29,37H,6-9,12,15-20,23-24,27-28H2,1-5H3/b11-10-,14-13-.